The molecule has 0 heterocycles. The van der Waals surface area contributed by atoms with Crippen molar-refractivity contribution in [3.8, 4) is 44.5 Å². The van der Waals surface area contributed by atoms with Gasteiger partial charge in [0.15, 0.2) is 0 Å². The van der Waals surface area contributed by atoms with Gasteiger partial charge in [-0.25, -0.2) is 0 Å². The summed E-state index contributed by atoms with van der Waals surface area (Å²) in [6.07, 6.45) is 7.93. The molecule has 2 aliphatic rings. The number of halogens is 2. The number of hydrogen-bond donors (Lipinski definition) is 0. The fourth-order valence-corrected chi connectivity index (χ4v) is 12.9. The Bertz CT molecular complexity index is 2480. The van der Waals surface area contributed by atoms with E-state index in [1.807, 2.05) is 0 Å². The molecule has 0 N–H and O–H groups in total. The first-order chi connectivity index (χ1) is 25.7. The molecule has 54 heavy (non-hydrogen) atoms. The topological polar surface area (TPSA) is 0 Å². The molecular formula is C51H39Cl2Zr. The van der Waals surface area contributed by atoms with Crippen molar-refractivity contribution in [3.05, 3.63) is 221 Å². The summed E-state index contributed by atoms with van der Waals surface area (Å²) in [5.74, 6) is 0. The van der Waals surface area contributed by atoms with Crippen molar-refractivity contribution >= 4 is 8.78 Å². The monoisotopic (exact) mass is 811 g/mol. The predicted octanol–water partition coefficient (Wildman–Crippen LogP) is 7.08. The number of benzene rings is 7. The molecule has 0 bridgehead atoms. The third kappa shape index (κ3) is 6.80. The molecule has 0 radical (unpaired) electrons. The smallest absolute Gasteiger partial charge is 1.00 e. The largest absolute Gasteiger partial charge is 1.00 e. The Balaban J connectivity index is 0.00000225. The first kappa shape index (κ1) is 37.7. The summed E-state index contributed by atoms with van der Waals surface area (Å²) in [4.78, 5) is 0. The van der Waals surface area contributed by atoms with E-state index < -0.39 is 22.8 Å². The first-order valence-corrected chi connectivity index (χ1v) is 20.9. The Hall–Kier alpha value is -4.65. The van der Waals surface area contributed by atoms with Crippen LogP contribution in [0.1, 0.15) is 49.0 Å². The van der Waals surface area contributed by atoms with Crippen molar-refractivity contribution < 1.29 is 47.6 Å². The van der Waals surface area contributed by atoms with Crippen LogP contribution in [0.5, 0.6) is 0 Å². The quantitative estimate of drug-likeness (QED) is 0.162. The van der Waals surface area contributed by atoms with E-state index in [-0.39, 0.29) is 24.8 Å². The summed E-state index contributed by atoms with van der Waals surface area (Å²) in [5.41, 5.74) is 22.1. The number of aryl methyl sites for hydroxylation is 1. The van der Waals surface area contributed by atoms with Crippen LogP contribution in [-0.4, -0.2) is 3.21 Å². The van der Waals surface area contributed by atoms with Gasteiger partial charge in [0, 0.05) is 0 Å². The SMILES string of the molecule is Cc1cc(-c2ccccc2)c2c(c1)[CH]([Zr+2]=[C](c1ccccc1)c1ccccc1)c1c(C3=CC=CC3)c(C)c(-c3ccccc3)c(-c3ccccc3)c1-2.[Cl-].[Cl-]. The van der Waals surface area contributed by atoms with E-state index >= 15 is 0 Å². The van der Waals surface area contributed by atoms with Gasteiger partial charge in [0.05, 0.1) is 0 Å². The molecule has 1 unspecified atom stereocenters. The van der Waals surface area contributed by atoms with Gasteiger partial charge >= 0.3 is 321 Å². The summed E-state index contributed by atoms with van der Waals surface area (Å²) < 4.78 is 1.86. The number of fused-ring (bicyclic) bond motifs is 3. The van der Waals surface area contributed by atoms with E-state index in [0.29, 0.717) is 3.63 Å². The zero-order valence-corrected chi connectivity index (χ0v) is 34.3. The van der Waals surface area contributed by atoms with E-state index in [4.69, 9.17) is 0 Å². The van der Waals surface area contributed by atoms with Crippen molar-refractivity contribution in [1.82, 2.24) is 0 Å². The van der Waals surface area contributed by atoms with Gasteiger partial charge in [0.1, 0.15) is 0 Å². The number of hydrogen-bond acceptors (Lipinski definition) is 0. The Morgan fingerprint density at radius 3 is 1.54 bits per heavy atom. The third-order valence-corrected chi connectivity index (χ3v) is 15.0. The van der Waals surface area contributed by atoms with Gasteiger partial charge < -0.3 is 24.8 Å². The Morgan fingerprint density at radius 2 is 1.02 bits per heavy atom. The Labute approximate surface area is 343 Å². The van der Waals surface area contributed by atoms with Crippen LogP contribution < -0.4 is 24.8 Å². The first-order valence-electron chi connectivity index (χ1n) is 18.3. The second kappa shape index (κ2) is 16.4. The molecule has 1 atom stereocenters. The Kier molecular flexibility index (Phi) is 11.4. The number of allylic oxidation sites excluding steroid dienone is 4. The van der Waals surface area contributed by atoms with Gasteiger partial charge in [0.25, 0.3) is 0 Å². The Morgan fingerprint density at radius 1 is 0.519 bits per heavy atom. The molecule has 2 aliphatic carbocycles. The van der Waals surface area contributed by atoms with Gasteiger partial charge in [-0.3, -0.25) is 0 Å². The molecule has 3 heteroatoms. The van der Waals surface area contributed by atoms with Crippen LogP contribution in [0.4, 0.5) is 0 Å². The van der Waals surface area contributed by atoms with Crippen molar-refractivity contribution in [2.45, 2.75) is 23.9 Å². The standard InChI is InChI=1S/C38H29.C13H10.2ClH.Zr/c1-25-22-31-24-33-34(28-20-12-13-21-28)26(2)35(29-16-8-4-9-17-29)37(30-18-10-5-11-19-30)38(33)36(31)32(23-25)27-14-6-3-7-15-27;1-3-7-12(8-4-1)11-13-9-5-2-6-10-13;;;/h3-20,22-24H,21H2,1-2H3;1-10H;2*1H;/q;;;;+2/p-2. The van der Waals surface area contributed by atoms with Gasteiger partial charge in [-0.2, -0.15) is 0 Å². The summed E-state index contributed by atoms with van der Waals surface area (Å²) in [5, 5.41) is 0. The van der Waals surface area contributed by atoms with Crippen LogP contribution in [0.3, 0.4) is 0 Å². The van der Waals surface area contributed by atoms with Gasteiger partial charge in [-0.1, -0.05) is 0 Å². The summed E-state index contributed by atoms with van der Waals surface area (Å²) in [6, 6.07) is 60.8. The zero-order chi connectivity index (χ0) is 35.0. The minimum atomic E-state index is -1.41. The average Bonchev–Trinajstić information content (AvgIpc) is 3.85. The van der Waals surface area contributed by atoms with Crippen LogP contribution in [0.25, 0.3) is 50.1 Å². The minimum absolute atomic E-state index is 0. The van der Waals surface area contributed by atoms with Crippen molar-refractivity contribution in [3.63, 3.8) is 0 Å². The third-order valence-electron chi connectivity index (χ3n) is 10.7. The van der Waals surface area contributed by atoms with E-state index in [0.717, 1.165) is 6.42 Å². The number of rotatable bonds is 7. The fraction of sp³-hybridized carbons (Fsp3) is 0.0784. The van der Waals surface area contributed by atoms with E-state index in [1.54, 1.807) is 8.77 Å². The maximum atomic E-state index is 2.54. The molecule has 0 saturated heterocycles. The van der Waals surface area contributed by atoms with Crippen molar-refractivity contribution in [2.24, 2.45) is 0 Å². The van der Waals surface area contributed by atoms with Gasteiger partial charge in [-0.15, -0.1) is 0 Å². The average molecular weight is 814 g/mol. The molecule has 0 fully saturated rings. The molecule has 9 rings (SSSR count). The van der Waals surface area contributed by atoms with E-state index in [9.17, 15) is 0 Å². The molecule has 0 spiro atoms. The molecule has 0 aliphatic heterocycles. The van der Waals surface area contributed by atoms with Gasteiger partial charge in [-0.05, 0) is 0 Å². The molecular weight excluding hydrogens is 775 g/mol. The van der Waals surface area contributed by atoms with Crippen LogP contribution in [0, 0.1) is 13.8 Å². The molecule has 0 saturated carbocycles. The van der Waals surface area contributed by atoms with E-state index in [2.05, 4.69) is 196 Å². The zero-order valence-electron chi connectivity index (χ0n) is 30.4. The predicted molar refractivity (Wildman–Crippen MR) is 217 cm³/mol. The summed E-state index contributed by atoms with van der Waals surface area (Å²) in [7, 11) is 0. The molecule has 261 valence electrons. The molecule has 7 aromatic rings. The van der Waals surface area contributed by atoms with Crippen LogP contribution in [0.2, 0.25) is 0 Å². The normalized spacial score (nSPS) is 13.5. The molecule has 0 nitrogen and oxygen atoms in total. The van der Waals surface area contributed by atoms with Crippen LogP contribution in [0.15, 0.2) is 182 Å². The van der Waals surface area contributed by atoms with Crippen molar-refractivity contribution in [2.75, 3.05) is 0 Å². The van der Waals surface area contributed by atoms with Crippen LogP contribution in [-0.2, 0) is 22.8 Å². The molecule has 0 aromatic heterocycles. The maximum Gasteiger partial charge on any atom is -1.00 e. The summed E-state index contributed by atoms with van der Waals surface area (Å²) >= 11 is -1.41. The second-order valence-corrected chi connectivity index (χ2v) is 17.3. The maximum absolute atomic E-state index is 2.54. The minimum Gasteiger partial charge on any atom is -1.00 e. The molecule has 0 amide bonds. The fourth-order valence-electron chi connectivity index (χ4n) is 8.51. The van der Waals surface area contributed by atoms with Crippen molar-refractivity contribution in [1.29, 1.82) is 0 Å². The second-order valence-electron chi connectivity index (χ2n) is 13.9. The van der Waals surface area contributed by atoms with Gasteiger partial charge in [0.2, 0.25) is 0 Å². The summed E-state index contributed by atoms with van der Waals surface area (Å²) in [6.45, 7) is 4.69. The van der Waals surface area contributed by atoms with Crippen LogP contribution >= 0.6 is 0 Å². The van der Waals surface area contributed by atoms with E-state index in [1.165, 1.54) is 83.5 Å². The molecule has 7 aromatic carbocycles.